The molecular formula is C14H11ClO5S. The summed E-state index contributed by atoms with van der Waals surface area (Å²) in [6.07, 6.45) is 0. The molecule has 7 heteroatoms. The number of para-hydroxylation sites is 1. The van der Waals surface area contributed by atoms with Gasteiger partial charge >= 0.3 is 16.1 Å². The van der Waals surface area contributed by atoms with Gasteiger partial charge in [-0.2, -0.15) is 8.42 Å². The van der Waals surface area contributed by atoms with Crippen molar-refractivity contribution in [1.82, 2.24) is 0 Å². The molecule has 0 N–H and O–H groups in total. The molecule has 21 heavy (non-hydrogen) atoms. The number of hydrogen-bond acceptors (Lipinski definition) is 5. The summed E-state index contributed by atoms with van der Waals surface area (Å²) >= 11 is 5.71. The first-order chi connectivity index (χ1) is 9.94. The SMILES string of the molecule is COC(=O)c1ccccc1OS(=O)(=O)c1ccc(Cl)cc1. The Morgan fingerprint density at radius 3 is 2.29 bits per heavy atom. The maximum Gasteiger partial charge on any atom is 0.341 e. The highest BCUT2D eigenvalue weighted by molar-refractivity contribution is 7.87. The summed E-state index contributed by atoms with van der Waals surface area (Å²) in [6, 6.07) is 11.4. The minimum absolute atomic E-state index is 0.0255. The highest BCUT2D eigenvalue weighted by Crippen LogP contribution is 2.24. The molecule has 0 aliphatic rings. The van der Waals surface area contributed by atoms with Crippen molar-refractivity contribution in [2.75, 3.05) is 7.11 Å². The summed E-state index contributed by atoms with van der Waals surface area (Å²) in [5.41, 5.74) is 0.0255. The lowest BCUT2D eigenvalue weighted by Gasteiger charge is -2.10. The quantitative estimate of drug-likeness (QED) is 0.638. The number of methoxy groups -OCH3 is 1. The number of ether oxygens (including phenoxy) is 1. The molecule has 0 radical (unpaired) electrons. The predicted molar refractivity (Wildman–Crippen MR) is 77.0 cm³/mol. The van der Waals surface area contributed by atoms with Crippen LogP contribution in [0.2, 0.25) is 5.02 Å². The van der Waals surface area contributed by atoms with E-state index in [4.69, 9.17) is 15.8 Å². The molecule has 0 heterocycles. The van der Waals surface area contributed by atoms with E-state index in [0.717, 1.165) is 0 Å². The molecule has 2 aromatic carbocycles. The zero-order chi connectivity index (χ0) is 15.5. The van der Waals surface area contributed by atoms with Crippen LogP contribution >= 0.6 is 11.6 Å². The van der Waals surface area contributed by atoms with Gasteiger partial charge < -0.3 is 8.92 Å². The second-order valence-electron chi connectivity index (χ2n) is 3.98. The van der Waals surface area contributed by atoms with E-state index in [2.05, 4.69) is 4.74 Å². The Balaban J connectivity index is 2.37. The van der Waals surface area contributed by atoms with Crippen LogP contribution in [0.4, 0.5) is 0 Å². The lowest BCUT2D eigenvalue weighted by atomic mass is 10.2. The van der Waals surface area contributed by atoms with Gasteiger partial charge in [0.1, 0.15) is 10.5 Å². The van der Waals surface area contributed by atoms with E-state index < -0.39 is 16.1 Å². The topological polar surface area (TPSA) is 69.7 Å². The third-order valence-corrected chi connectivity index (χ3v) is 4.09. The number of benzene rings is 2. The van der Waals surface area contributed by atoms with Crippen molar-refractivity contribution in [3.05, 3.63) is 59.1 Å². The fourth-order valence-electron chi connectivity index (χ4n) is 1.59. The number of hydrogen-bond donors (Lipinski definition) is 0. The van der Waals surface area contributed by atoms with Crippen molar-refractivity contribution < 1.29 is 22.1 Å². The van der Waals surface area contributed by atoms with E-state index in [-0.39, 0.29) is 16.2 Å². The van der Waals surface area contributed by atoms with Crippen LogP contribution in [-0.4, -0.2) is 21.5 Å². The standard InChI is InChI=1S/C14H11ClO5S/c1-19-14(16)12-4-2-3-5-13(12)20-21(17,18)11-8-6-10(15)7-9-11/h2-9H,1H3. The molecule has 0 atom stereocenters. The predicted octanol–water partition coefficient (Wildman–Crippen LogP) is 2.89. The van der Waals surface area contributed by atoms with Crippen LogP contribution in [0, 0.1) is 0 Å². The third-order valence-electron chi connectivity index (χ3n) is 2.59. The van der Waals surface area contributed by atoms with E-state index in [1.54, 1.807) is 12.1 Å². The Kier molecular flexibility index (Phi) is 4.50. The summed E-state index contributed by atoms with van der Waals surface area (Å²) in [5.74, 6) is -0.781. The van der Waals surface area contributed by atoms with Crippen molar-refractivity contribution in [3.8, 4) is 5.75 Å². The summed E-state index contributed by atoms with van der Waals surface area (Å²) < 4.78 is 33.9. The normalized spacial score (nSPS) is 11.0. The van der Waals surface area contributed by atoms with Crippen molar-refractivity contribution >= 4 is 27.7 Å². The number of esters is 1. The lowest BCUT2D eigenvalue weighted by Crippen LogP contribution is -2.13. The van der Waals surface area contributed by atoms with Gasteiger partial charge in [-0.05, 0) is 36.4 Å². The molecule has 0 saturated carbocycles. The van der Waals surface area contributed by atoms with E-state index in [9.17, 15) is 13.2 Å². The Morgan fingerprint density at radius 2 is 1.67 bits per heavy atom. The Bertz CT molecular complexity index is 753. The average molecular weight is 327 g/mol. The van der Waals surface area contributed by atoms with Crippen molar-refractivity contribution in [3.63, 3.8) is 0 Å². The van der Waals surface area contributed by atoms with Crippen LogP contribution in [-0.2, 0) is 14.9 Å². The van der Waals surface area contributed by atoms with E-state index in [1.165, 1.54) is 43.5 Å². The molecule has 0 amide bonds. The fraction of sp³-hybridized carbons (Fsp3) is 0.0714. The second-order valence-corrected chi connectivity index (χ2v) is 5.96. The number of rotatable bonds is 4. The van der Waals surface area contributed by atoms with Crippen LogP contribution in [0.15, 0.2) is 53.4 Å². The van der Waals surface area contributed by atoms with Crippen molar-refractivity contribution in [2.45, 2.75) is 4.90 Å². The fourth-order valence-corrected chi connectivity index (χ4v) is 2.66. The Morgan fingerprint density at radius 1 is 1.05 bits per heavy atom. The van der Waals surface area contributed by atoms with Crippen LogP contribution in [0.5, 0.6) is 5.75 Å². The molecule has 5 nitrogen and oxygen atoms in total. The van der Waals surface area contributed by atoms with Crippen molar-refractivity contribution in [1.29, 1.82) is 0 Å². The highest BCUT2D eigenvalue weighted by Gasteiger charge is 2.21. The van der Waals surface area contributed by atoms with Crippen molar-refractivity contribution in [2.24, 2.45) is 0 Å². The number of halogens is 1. The first kappa shape index (κ1) is 15.3. The lowest BCUT2D eigenvalue weighted by molar-refractivity contribution is 0.0599. The minimum Gasteiger partial charge on any atom is -0.465 e. The molecule has 0 saturated heterocycles. The molecule has 0 aliphatic carbocycles. The number of carbonyl (C=O) groups excluding carboxylic acids is 1. The van der Waals surface area contributed by atoms with Crippen LogP contribution in [0.1, 0.15) is 10.4 Å². The van der Waals surface area contributed by atoms with E-state index >= 15 is 0 Å². The highest BCUT2D eigenvalue weighted by atomic mass is 35.5. The first-order valence-electron chi connectivity index (χ1n) is 5.81. The average Bonchev–Trinajstić information content (AvgIpc) is 2.47. The van der Waals surface area contributed by atoms with Gasteiger partial charge in [0.2, 0.25) is 0 Å². The monoisotopic (exact) mass is 326 g/mol. The van der Waals surface area contributed by atoms with Crippen LogP contribution in [0.3, 0.4) is 0 Å². The first-order valence-corrected chi connectivity index (χ1v) is 7.60. The molecule has 0 bridgehead atoms. The smallest absolute Gasteiger partial charge is 0.341 e. The third kappa shape index (κ3) is 3.53. The molecule has 2 aromatic rings. The summed E-state index contributed by atoms with van der Waals surface area (Å²) in [5, 5.41) is 0.406. The van der Waals surface area contributed by atoms with Crippen LogP contribution in [0.25, 0.3) is 0 Å². The van der Waals surface area contributed by atoms with Gasteiger partial charge in [0.05, 0.1) is 7.11 Å². The maximum absolute atomic E-state index is 12.2. The summed E-state index contributed by atoms with van der Waals surface area (Å²) in [4.78, 5) is 11.5. The molecule has 2 rings (SSSR count). The van der Waals surface area contributed by atoms with E-state index in [1.807, 2.05) is 0 Å². The van der Waals surface area contributed by atoms with Gasteiger partial charge in [0, 0.05) is 5.02 Å². The molecule has 0 aromatic heterocycles. The van der Waals surface area contributed by atoms with Gasteiger partial charge in [0.15, 0.2) is 5.75 Å². The molecule has 110 valence electrons. The molecule has 0 aliphatic heterocycles. The van der Waals surface area contributed by atoms with Gasteiger partial charge in [-0.25, -0.2) is 4.79 Å². The second kappa shape index (κ2) is 6.15. The molecular weight excluding hydrogens is 316 g/mol. The van der Waals surface area contributed by atoms with Gasteiger partial charge in [-0.15, -0.1) is 0 Å². The van der Waals surface area contributed by atoms with Crippen LogP contribution < -0.4 is 4.18 Å². The van der Waals surface area contributed by atoms with Gasteiger partial charge in [-0.3, -0.25) is 0 Å². The van der Waals surface area contributed by atoms with Gasteiger partial charge in [0.25, 0.3) is 0 Å². The number of carbonyl (C=O) groups is 1. The minimum atomic E-state index is -4.06. The Hall–Kier alpha value is -2.05. The zero-order valence-corrected chi connectivity index (χ0v) is 12.5. The molecule has 0 unspecified atom stereocenters. The zero-order valence-electron chi connectivity index (χ0n) is 10.9. The maximum atomic E-state index is 12.2. The molecule has 0 fully saturated rings. The summed E-state index contributed by atoms with van der Waals surface area (Å²) in [7, 11) is -2.86. The van der Waals surface area contributed by atoms with Gasteiger partial charge in [-0.1, -0.05) is 23.7 Å². The Labute approximate surface area is 127 Å². The molecule has 0 spiro atoms. The largest absolute Gasteiger partial charge is 0.465 e. The van der Waals surface area contributed by atoms with E-state index in [0.29, 0.717) is 5.02 Å². The summed E-state index contributed by atoms with van der Waals surface area (Å²) in [6.45, 7) is 0.